The Morgan fingerprint density at radius 1 is 0.250 bits per heavy atom. The molecule has 0 radical (unpaired) electrons. The molecule has 0 atom stereocenters. The summed E-state index contributed by atoms with van der Waals surface area (Å²) in [5.41, 5.74) is -0.533. The number of aldehydes is 4. The molecule has 0 heterocycles. The minimum absolute atomic E-state index is 0.00655. The highest BCUT2D eigenvalue weighted by Gasteiger charge is 2.34. The van der Waals surface area contributed by atoms with Gasteiger partial charge in [0, 0.05) is 56.3 Å². The molecule has 0 aliphatic heterocycles. The van der Waals surface area contributed by atoms with Crippen LogP contribution in [0.3, 0.4) is 0 Å². The fourth-order valence-corrected chi connectivity index (χ4v) is 8.65. The van der Waals surface area contributed by atoms with Gasteiger partial charge in [0.15, 0.2) is 6.29 Å². The topological polar surface area (TPSA) is 405 Å². The molecule has 0 spiro atoms. The van der Waals surface area contributed by atoms with Gasteiger partial charge < -0.3 is 158 Å². The molecule has 0 aromatic heterocycles. The number of carbonyl (C=O) groups is 7. The summed E-state index contributed by atoms with van der Waals surface area (Å²) < 4.78 is 149. The molecule has 652 valence electrons. The number of ether oxygens (including phenoxy) is 27. The van der Waals surface area contributed by atoms with Crippen molar-refractivity contribution in [3.05, 3.63) is 35.4 Å². The van der Waals surface area contributed by atoms with Gasteiger partial charge in [0.05, 0.1) is 357 Å². The van der Waals surface area contributed by atoms with Crippen LogP contribution in [-0.2, 0) is 152 Å². The Kier molecular flexibility index (Phi) is 83.2. The van der Waals surface area contributed by atoms with Gasteiger partial charge in [-0.3, -0.25) is 19.2 Å². The van der Waals surface area contributed by atoms with Gasteiger partial charge in [-0.15, -0.1) is 0 Å². The van der Waals surface area contributed by atoms with Crippen molar-refractivity contribution in [2.45, 2.75) is 37.6 Å². The predicted octanol–water partition coefficient (Wildman–Crippen LogP) is 0.195. The SMILES string of the molecule is O=CCCOCCOCCOCCOCCOCCOCCOCCOCCOCCOCCOCCOCCNC(=O)CCOCC(COCCC=O)(COCCC=O)NC(=O)CCOCCOCCOCCOCCOCCOCCOCCOCCOCCOCCOCCOCCNC(=O)c1ccccc1C=O. The van der Waals surface area contributed by atoms with E-state index < -0.39 is 5.54 Å². The maximum absolute atomic E-state index is 13.2. The number of nitrogens with one attached hydrogen (secondary N) is 3. The average Bonchev–Trinajstić information content (AvgIpc) is 0.862. The lowest BCUT2D eigenvalue weighted by Gasteiger charge is -2.34. The lowest BCUT2D eigenvalue weighted by atomic mass is 10.0. The summed E-state index contributed by atoms with van der Waals surface area (Å²) in [7, 11) is 0. The quantitative estimate of drug-likeness (QED) is 0.0579. The first-order valence-corrected chi connectivity index (χ1v) is 38.7. The number of benzene rings is 1. The molecule has 1 aromatic rings. The normalized spacial score (nSPS) is 11.6. The summed E-state index contributed by atoms with van der Waals surface area (Å²) in [6, 6.07) is 6.60. The zero-order valence-electron chi connectivity index (χ0n) is 66.1. The minimum Gasteiger partial charge on any atom is -0.379 e. The summed E-state index contributed by atoms with van der Waals surface area (Å²) in [6.45, 7) is 20.1. The van der Waals surface area contributed by atoms with E-state index in [-0.39, 0.29) is 116 Å². The van der Waals surface area contributed by atoms with Crippen molar-refractivity contribution in [1.82, 2.24) is 16.0 Å². The van der Waals surface area contributed by atoms with E-state index in [1.54, 1.807) is 24.3 Å². The van der Waals surface area contributed by atoms with Gasteiger partial charge in [0.1, 0.15) is 24.4 Å². The highest BCUT2D eigenvalue weighted by atomic mass is 16.6. The molecule has 112 heavy (non-hydrogen) atoms. The summed E-state index contributed by atoms with van der Waals surface area (Å²) in [5.74, 6) is -0.966. The third kappa shape index (κ3) is 76.5. The molecule has 1 aromatic carbocycles. The smallest absolute Gasteiger partial charge is 0.252 e. The average molecular weight is 1620 g/mol. The van der Waals surface area contributed by atoms with E-state index in [1.165, 1.54) is 0 Å². The van der Waals surface area contributed by atoms with Crippen molar-refractivity contribution in [2.75, 3.05) is 370 Å². The molecule has 0 aliphatic carbocycles. The zero-order chi connectivity index (χ0) is 80.4. The number of hydrogen-bond acceptors (Lipinski definition) is 34. The van der Waals surface area contributed by atoms with E-state index in [9.17, 15) is 33.6 Å². The second-order valence-electron chi connectivity index (χ2n) is 23.4. The van der Waals surface area contributed by atoms with Crippen LogP contribution in [0.4, 0.5) is 0 Å². The lowest BCUT2D eigenvalue weighted by Crippen LogP contribution is -2.58. The number of carbonyl (C=O) groups excluding carboxylic acids is 7. The summed E-state index contributed by atoms with van der Waals surface area (Å²) in [4.78, 5) is 81.4. The predicted molar refractivity (Wildman–Crippen MR) is 401 cm³/mol. The Labute approximate surface area is 660 Å². The second-order valence-corrected chi connectivity index (χ2v) is 23.4. The van der Waals surface area contributed by atoms with Crippen LogP contribution in [0.25, 0.3) is 0 Å². The van der Waals surface area contributed by atoms with Gasteiger partial charge >= 0.3 is 0 Å². The molecule has 0 unspecified atom stereocenters. The minimum atomic E-state index is -1.21. The zero-order valence-corrected chi connectivity index (χ0v) is 66.1. The standard InChI is InChI=1S/C75H133N3O34/c79-12-3-15-86-22-26-90-30-34-94-38-42-98-46-50-102-54-58-106-62-64-108-60-56-104-52-48-100-44-40-96-36-32-92-28-24-88-20-10-76-72(83)8-19-112-69-75(67-110-16-4-13-80,68-111-17-5-14-81)78-73(84)9-18-87-23-27-91-31-35-95-39-43-99-47-51-103-55-59-107-63-65-109-61-57-105-53-49-101-45-41-97-37-33-93-29-25-89-21-11-77-74(85)71-7-2-1-6-70(71)66-82/h1-2,6-7,12-14,66H,3-5,8-11,15-65,67-69H2,(H,76,83)(H,77,85)(H,78,84). The molecule has 37 nitrogen and oxygen atoms in total. The van der Waals surface area contributed by atoms with Crippen LogP contribution in [0.15, 0.2) is 24.3 Å². The molecule has 3 amide bonds. The van der Waals surface area contributed by atoms with Crippen LogP contribution in [0.2, 0.25) is 0 Å². The maximum atomic E-state index is 13.2. The highest BCUT2D eigenvalue weighted by molar-refractivity contribution is 6.01. The maximum Gasteiger partial charge on any atom is 0.252 e. The fourth-order valence-electron chi connectivity index (χ4n) is 8.65. The van der Waals surface area contributed by atoms with Crippen LogP contribution < -0.4 is 16.0 Å². The van der Waals surface area contributed by atoms with E-state index in [0.717, 1.165) is 18.9 Å². The van der Waals surface area contributed by atoms with Crippen molar-refractivity contribution in [2.24, 2.45) is 0 Å². The van der Waals surface area contributed by atoms with Gasteiger partial charge in [-0.05, 0) is 6.07 Å². The first-order chi connectivity index (χ1) is 55.4. The van der Waals surface area contributed by atoms with E-state index in [1.807, 2.05) is 0 Å². The summed E-state index contributed by atoms with van der Waals surface area (Å²) in [6.07, 6.45) is 3.60. The second kappa shape index (κ2) is 88.6. The van der Waals surface area contributed by atoms with Crippen LogP contribution in [-0.4, -0.2) is 418 Å². The summed E-state index contributed by atoms with van der Waals surface area (Å²) >= 11 is 0. The van der Waals surface area contributed by atoms with Crippen LogP contribution in [0.1, 0.15) is 52.8 Å². The van der Waals surface area contributed by atoms with Gasteiger partial charge in [0.2, 0.25) is 11.8 Å². The molecule has 0 fully saturated rings. The van der Waals surface area contributed by atoms with Gasteiger partial charge in [-0.2, -0.15) is 0 Å². The van der Waals surface area contributed by atoms with Crippen molar-refractivity contribution in [3.63, 3.8) is 0 Å². The lowest BCUT2D eigenvalue weighted by molar-refractivity contribution is -0.130. The highest BCUT2D eigenvalue weighted by Crippen LogP contribution is 2.12. The third-order valence-corrected chi connectivity index (χ3v) is 14.2. The first-order valence-electron chi connectivity index (χ1n) is 38.7. The Morgan fingerprint density at radius 3 is 0.741 bits per heavy atom. The molecular formula is C75H133N3O34. The number of rotatable bonds is 96. The molecule has 1 rings (SSSR count). The molecular weight excluding hydrogens is 1490 g/mol. The molecule has 0 saturated carbocycles. The van der Waals surface area contributed by atoms with Crippen molar-refractivity contribution >= 4 is 42.9 Å². The largest absolute Gasteiger partial charge is 0.379 e. The van der Waals surface area contributed by atoms with E-state index in [4.69, 9.17) is 128 Å². The van der Waals surface area contributed by atoms with Gasteiger partial charge in [-0.1, -0.05) is 18.2 Å². The van der Waals surface area contributed by atoms with Crippen molar-refractivity contribution in [1.29, 1.82) is 0 Å². The van der Waals surface area contributed by atoms with Gasteiger partial charge in [0.25, 0.3) is 5.91 Å². The monoisotopic (exact) mass is 1620 g/mol. The van der Waals surface area contributed by atoms with Crippen LogP contribution >= 0.6 is 0 Å². The molecule has 0 aliphatic rings. The molecule has 37 heteroatoms. The third-order valence-electron chi connectivity index (χ3n) is 14.2. The van der Waals surface area contributed by atoms with Gasteiger partial charge in [-0.25, -0.2) is 0 Å². The van der Waals surface area contributed by atoms with Crippen LogP contribution in [0.5, 0.6) is 0 Å². The molecule has 0 bridgehead atoms. The van der Waals surface area contributed by atoms with Crippen LogP contribution in [0, 0.1) is 0 Å². The van der Waals surface area contributed by atoms with E-state index in [0.29, 0.717) is 321 Å². The first kappa shape index (κ1) is 105. The Hall–Kier alpha value is -4.77. The Balaban J connectivity index is 1.94. The van der Waals surface area contributed by atoms with Crippen molar-refractivity contribution < 1.29 is 161 Å². The van der Waals surface area contributed by atoms with Crippen molar-refractivity contribution in [3.8, 4) is 0 Å². The fraction of sp³-hybridized carbons (Fsp3) is 0.827. The molecule has 3 N–H and O–H groups in total. The Morgan fingerprint density at radius 2 is 0.464 bits per heavy atom. The number of amides is 3. The number of hydrogen-bond donors (Lipinski definition) is 3. The van der Waals surface area contributed by atoms with E-state index in [2.05, 4.69) is 16.0 Å². The van der Waals surface area contributed by atoms with E-state index >= 15 is 0 Å². The molecule has 0 saturated heterocycles. The summed E-state index contributed by atoms with van der Waals surface area (Å²) in [5, 5.41) is 8.45. The Bertz CT molecular complexity index is 2210.